The molecule has 0 bridgehead atoms. The van der Waals surface area contributed by atoms with Gasteiger partial charge in [-0.15, -0.1) is 0 Å². The highest BCUT2D eigenvalue weighted by Gasteiger charge is 2.28. The molecule has 31 heavy (non-hydrogen) atoms. The van der Waals surface area contributed by atoms with Crippen molar-refractivity contribution in [2.45, 2.75) is 43.9 Å². The number of hydrogen-bond acceptors (Lipinski definition) is 7. The van der Waals surface area contributed by atoms with Gasteiger partial charge in [0, 0.05) is 6.42 Å². The van der Waals surface area contributed by atoms with Gasteiger partial charge in [-0.1, -0.05) is 30.3 Å². The second-order valence-electron chi connectivity index (χ2n) is 6.77. The molecule has 4 unspecified atom stereocenters. The molecule has 0 spiro atoms. The SMILES string of the molecule is CC(NC(=O)C(CO)NC(=O)C(N)CC(=O)O)C(=O)NC(Cc1ccccc1)C(=O)O. The first-order chi connectivity index (χ1) is 14.5. The van der Waals surface area contributed by atoms with Crippen molar-refractivity contribution >= 4 is 29.7 Å². The molecular formula is C19H26N4O8. The van der Waals surface area contributed by atoms with Gasteiger partial charge in [0.2, 0.25) is 17.7 Å². The van der Waals surface area contributed by atoms with Crippen LogP contribution in [0.25, 0.3) is 0 Å². The van der Waals surface area contributed by atoms with Crippen molar-refractivity contribution in [1.29, 1.82) is 0 Å². The van der Waals surface area contributed by atoms with Crippen molar-refractivity contribution in [3.63, 3.8) is 0 Å². The lowest BCUT2D eigenvalue weighted by molar-refractivity contribution is -0.142. The summed E-state index contributed by atoms with van der Waals surface area (Å²) in [6, 6.07) is 3.28. The summed E-state index contributed by atoms with van der Waals surface area (Å²) >= 11 is 0. The van der Waals surface area contributed by atoms with Gasteiger partial charge < -0.3 is 37.0 Å². The number of hydrogen-bond donors (Lipinski definition) is 7. The van der Waals surface area contributed by atoms with E-state index in [9.17, 15) is 34.2 Å². The van der Waals surface area contributed by atoms with Gasteiger partial charge >= 0.3 is 11.9 Å². The minimum Gasteiger partial charge on any atom is -0.481 e. The van der Waals surface area contributed by atoms with Crippen LogP contribution < -0.4 is 21.7 Å². The van der Waals surface area contributed by atoms with Gasteiger partial charge in [0.1, 0.15) is 18.1 Å². The van der Waals surface area contributed by atoms with E-state index in [1.807, 2.05) is 0 Å². The monoisotopic (exact) mass is 438 g/mol. The molecule has 0 aliphatic carbocycles. The Hall–Kier alpha value is -3.51. The second kappa shape index (κ2) is 12.2. The third-order valence-corrected chi connectivity index (χ3v) is 4.20. The Morgan fingerprint density at radius 1 is 0.903 bits per heavy atom. The zero-order valence-electron chi connectivity index (χ0n) is 16.8. The lowest BCUT2D eigenvalue weighted by Crippen LogP contribution is -2.57. The van der Waals surface area contributed by atoms with Crippen LogP contribution in [0.2, 0.25) is 0 Å². The Kier molecular flexibility index (Phi) is 10.1. The fraction of sp³-hybridized carbons (Fsp3) is 0.421. The molecule has 3 amide bonds. The number of carbonyl (C=O) groups excluding carboxylic acids is 3. The van der Waals surface area contributed by atoms with E-state index < -0.39 is 66.9 Å². The first-order valence-corrected chi connectivity index (χ1v) is 9.31. The quantitative estimate of drug-likeness (QED) is 0.185. The smallest absolute Gasteiger partial charge is 0.326 e. The first kappa shape index (κ1) is 25.5. The Morgan fingerprint density at radius 2 is 1.48 bits per heavy atom. The lowest BCUT2D eigenvalue weighted by Gasteiger charge is -2.22. The van der Waals surface area contributed by atoms with Crippen molar-refractivity contribution in [1.82, 2.24) is 16.0 Å². The minimum atomic E-state index is -1.48. The molecule has 0 heterocycles. The van der Waals surface area contributed by atoms with Crippen molar-refractivity contribution in [3.05, 3.63) is 35.9 Å². The largest absolute Gasteiger partial charge is 0.481 e. The summed E-state index contributed by atoms with van der Waals surface area (Å²) in [5, 5.41) is 34.0. The number of carboxylic acid groups (broad SMARTS) is 2. The van der Waals surface area contributed by atoms with E-state index in [1.54, 1.807) is 30.3 Å². The van der Waals surface area contributed by atoms with Crippen molar-refractivity contribution in [2.75, 3.05) is 6.61 Å². The summed E-state index contributed by atoms with van der Waals surface area (Å²) in [6.45, 7) is 0.457. The average molecular weight is 438 g/mol. The van der Waals surface area contributed by atoms with Crippen LogP contribution in [0.5, 0.6) is 0 Å². The Morgan fingerprint density at radius 3 is 2.00 bits per heavy atom. The molecule has 1 rings (SSSR count). The van der Waals surface area contributed by atoms with Gasteiger partial charge in [-0.25, -0.2) is 4.79 Å². The number of rotatable bonds is 12. The third-order valence-electron chi connectivity index (χ3n) is 4.20. The van der Waals surface area contributed by atoms with Crippen LogP contribution in [0.1, 0.15) is 18.9 Å². The maximum absolute atomic E-state index is 12.3. The molecule has 170 valence electrons. The number of aliphatic hydroxyl groups is 1. The molecule has 4 atom stereocenters. The van der Waals surface area contributed by atoms with Gasteiger partial charge in [-0.2, -0.15) is 0 Å². The van der Waals surface area contributed by atoms with Gasteiger partial charge in [-0.05, 0) is 12.5 Å². The summed E-state index contributed by atoms with van der Waals surface area (Å²) in [5.41, 5.74) is 6.08. The van der Waals surface area contributed by atoms with Gasteiger partial charge in [-0.3, -0.25) is 19.2 Å². The standard InChI is InChI=1S/C19H26N4O8/c1-10(16(27)22-13(19(30)31)7-11-5-3-2-4-6-11)21-18(29)14(9-24)23-17(28)12(20)8-15(25)26/h2-6,10,12-14,24H,7-9,20H2,1H3,(H,21,29)(H,22,27)(H,23,28)(H,25,26)(H,30,31). The van der Waals surface area contributed by atoms with E-state index in [-0.39, 0.29) is 6.42 Å². The molecule has 1 aromatic carbocycles. The van der Waals surface area contributed by atoms with Crippen LogP contribution >= 0.6 is 0 Å². The van der Waals surface area contributed by atoms with E-state index in [0.29, 0.717) is 5.56 Å². The molecule has 0 saturated carbocycles. The highest BCUT2D eigenvalue weighted by Crippen LogP contribution is 2.04. The van der Waals surface area contributed by atoms with Crippen LogP contribution in [0.15, 0.2) is 30.3 Å². The van der Waals surface area contributed by atoms with Crippen LogP contribution in [0.3, 0.4) is 0 Å². The number of benzene rings is 1. The minimum absolute atomic E-state index is 0.0272. The summed E-state index contributed by atoms with van der Waals surface area (Å²) in [5.74, 6) is -5.27. The highest BCUT2D eigenvalue weighted by molar-refractivity contribution is 5.94. The fourth-order valence-corrected chi connectivity index (χ4v) is 2.48. The third kappa shape index (κ3) is 8.80. The molecule has 0 fully saturated rings. The zero-order valence-corrected chi connectivity index (χ0v) is 16.8. The molecule has 0 aromatic heterocycles. The van der Waals surface area contributed by atoms with Gasteiger partial charge in [0.25, 0.3) is 0 Å². The van der Waals surface area contributed by atoms with E-state index in [1.165, 1.54) is 6.92 Å². The zero-order chi connectivity index (χ0) is 23.6. The van der Waals surface area contributed by atoms with Crippen LogP contribution in [-0.4, -0.2) is 75.8 Å². The van der Waals surface area contributed by atoms with E-state index in [2.05, 4.69) is 16.0 Å². The highest BCUT2D eigenvalue weighted by atomic mass is 16.4. The summed E-state index contributed by atoms with van der Waals surface area (Å²) < 4.78 is 0. The van der Waals surface area contributed by atoms with Crippen LogP contribution in [-0.2, 0) is 30.4 Å². The van der Waals surface area contributed by atoms with Crippen molar-refractivity contribution < 1.29 is 39.3 Å². The maximum Gasteiger partial charge on any atom is 0.326 e. The normalized spacial score (nSPS) is 14.4. The second-order valence-corrected chi connectivity index (χ2v) is 6.77. The van der Waals surface area contributed by atoms with Gasteiger partial charge in [0.05, 0.1) is 19.1 Å². The summed E-state index contributed by atoms with van der Waals surface area (Å²) in [6.07, 6.45) is -0.651. The molecule has 1 aromatic rings. The first-order valence-electron chi connectivity index (χ1n) is 9.31. The predicted molar refractivity (Wildman–Crippen MR) is 107 cm³/mol. The molecule has 12 heteroatoms. The number of carbonyl (C=O) groups is 5. The topological polar surface area (TPSA) is 208 Å². The van der Waals surface area contributed by atoms with E-state index in [0.717, 1.165) is 0 Å². The number of carboxylic acids is 2. The van der Waals surface area contributed by atoms with Crippen LogP contribution in [0, 0.1) is 0 Å². The summed E-state index contributed by atoms with van der Waals surface area (Å²) in [4.78, 5) is 58.5. The number of amides is 3. The van der Waals surface area contributed by atoms with Gasteiger partial charge in [0.15, 0.2) is 0 Å². The maximum atomic E-state index is 12.3. The average Bonchev–Trinajstić information content (AvgIpc) is 2.71. The molecular weight excluding hydrogens is 412 g/mol. The molecule has 8 N–H and O–H groups in total. The summed E-state index contributed by atoms with van der Waals surface area (Å²) in [7, 11) is 0. The molecule has 0 radical (unpaired) electrons. The Balaban J connectivity index is 2.67. The molecule has 0 saturated heterocycles. The lowest BCUT2D eigenvalue weighted by atomic mass is 10.1. The molecule has 0 aliphatic rings. The van der Waals surface area contributed by atoms with Crippen molar-refractivity contribution in [3.8, 4) is 0 Å². The number of nitrogens with two attached hydrogens (primary N) is 1. The number of aliphatic hydroxyl groups excluding tert-OH is 1. The molecule has 12 nitrogen and oxygen atoms in total. The van der Waals surface area contributed by atoms with E-state index >= 15 is 0 Å². The molecule has 0 aliphatic heterocycles. The van der Waals surface area contributed by atoms with Crippen molar-refractivity contribution in [2.24, 2.45) is 5.73 Å². The fourth-order valence-electron chi connectivity index (χ4n) is 2.48. The number of aliphatic carboxylic acids is 2. The van der Waals surface area contributed by atoms with E-state index in [4.69, 9.17) is 10.8 Å². The van der Waals surface area contributed by atoms with Crippen LogP contribution in [0.4, 0.5) is 0 Å². The predicted octanol–water partition coefficient (Wildman–Crippen LogP) is -2.42. The number of nitrogens with one attached hydrogen (secondary N) is 3. The Bertz CT molecular complexity index is 801. The Labute approximate surface area is 177 Å².